The molecule has 3 atom stereocenters. The number of aromatic nitrogens is 2. The molecule has 1 N–H and O–H groups in total. The zero-order valence-corrected chi connectivity index (χ0v) is 17.0. The number of piperidine rings is 1. The van der Waals surface area contributed by atoms with Gasteiger partial charge >= 0.3 is 0 Å². The normalized spacial score (nSPS) is 29.1. The molecule has 1 spiro atoms. The van der Waals surface area contributed by atoms with Crippen LogP contribution in [0.15, 0.2) is 36.8 Å². The van der Waals surface area contributed by atoms with E-state index >= 15 is 0 Å². The molecule has 5 rings (SSSR count). The van der Waals surface area contributed by atoms with Gasteiger partial charge in [-0.2, -0.15) is 0 Å². The molecular weight excluding hydrogens is 374 g/mol. The fraction of sp³-hybridized carbons (Fsp3) is 0.571. The summed E-state index contributed by atoms with van der Waals surface area (Å²) in [7, 11) is -3.15. The zero-order chi connectivity index (χ0) is 19.5. The van der Waals surface area contributed by atoms with Gasteiger partial charge in [0, 0.05) is 24.6 Å². The van der Waals surface area contributed by atoms with Crippen LogP contribution in [0, 0.1) is 11.3 Å². The number of imidazole rings is 1. The van der Waals surface area contributed by atoms with Crippen molar-refractivity contribution >= 4 is 10.0 Å². The van der Waals surface area contributed by atoms with Crippen LogP contribution in [0.25, 0.3) is 11.3 Å². The van der Waals surface area contributed by atoms with Crippen LogP contribution in [0.3, 0.4) is 0 Å². The van der Waals surface area contributed by atoms with Crippen molar-refractivity contribution in [2.24, 2.45) is 11.3 Å². The minimum atomic E-state index is -3.15. The minimum Gasteiger partial charge on any atom is -0.392 e. The summed E-state index contributed by atoms with van der Waals surface area (Å²) < 4.78 is 28.2. The highest BCUT2D eigenvalue weighted by atomic mass is 32.2. The van der Waals surface area contributed by atoms with Crippen molar-refractivity contribution in [3.63, 3.8) is 0 Å². The molecule has 150 valence electrons. The van der Waals surface area contributed by atoms with E-state index in [1.54, 1.807) is 11.2 Å². The Balaban J connectivity index is 1.42. The summed E-state index contributed by atoms with van der Waals surface area (Å²) in [5, 5.41) is 11.5. The second-order valence-corrected chi connectivity index (χ2v) is 10.8. The number of nitrogens with zero attached hydrogens (tertiary/aromatic N) is 3. The molecule has 1 aromatic carbocycles. The molecule has 1 saturated carbocycles. The van der Waals surface area contributed by atoms with Crippen LogP contribution in [0.2, 0.25) is 0 Å². The number of fused-ring (bicyclic) bond motifs is 3. The van der Waals surface area contributed by atoms with Gasteiger partial charge in [0.1, 0.15) is 0 Å². The summed E-state index contributed by atoms with van der Waals surface area (Å²) in [5.41, 5.74) is 3.44. The molecule has 1 aliphatic carbocycles. The highest BCUT2D eigenvalue weighted by Crippen LogP contribution is 2.55. The quantitative estimate of drug-likeness (QED) is 0.858. The Hall–Kier alpha value is -1.70. The van der Waals surface area contributed by atoms with Gasteiger partial charge in [0.15, 0.2) is 0 Å². The molecule has 3 aliphatic rings. The van der Waals surface area contributed by atoms with Crippen molar-refractivity contribution in [2.45, 2.75) is 44.8 Å². The molecule has 0 radical (unpaired) electrons. The van der Waals surface area contributed by atoms with E-state index in [4.69, 9.17) is 0 Å². The predicted molar refractivity (Wildman–Crippen MR) is 107 cm³/mol. The highest BCUT2D eigenvalue weighted by Gasteiger charge is 2.53. The van der Waals surface area contributed by atoms with Crippen LogP contribution in [0.5, 0.6) is 0 Å². The van der Waals surface area contributed by atoms with Gasteiger partial charge in [0.25, 0.3) is 0 Å². The van der Waals surface area contributed by atoms with Crippen molar-refractivity contribution in [1.82, 2.24) is 13.9 Å². The van der Waals surface area contributed by atoms with Gasteiger partial charge in [0.2, 0.25) is 10.0 Å². The lowest BCUT2D eigenvalue weighted by atomic mass is 9.73. The number of benzene rings is 1. The van der Waals surface area contributed by atoms with Crippen molar-refractivity contribution in [3.05, 3.63) is 42.4 Å². The van der Waals surface area contributed by atoms with E-state index in [0.29, 0.717) is 13.1 Å². The molecule has 28 heavy (non-hydrogen) atoms. The van der Waals surface area contributed by atoms with Crippen LogP contribution >= 0.6 is 0 Å². The average molecular weight is 402 g/mol. The van der Waals surface area contributed by atoms with E-state index in [1.165, 1.54) is 11.1 Å². The monoisotopic (exact) mass is 401 g/mol. The lowest BCUT2D eigenvalue weighted by molar-refractivity contribution is -0.0145. The summed E-state index contributed by atoms with van der Waals surface area (Å²) in [4.78, 5) is 4.35. The fourth-order valence-corrected chi connectivity index (χ4v) is 6.90. The Kier molecular flexibility index (Phi) is 4.19. The maximum absolute atomic E-state index is 12.2. The topological polar surface area (TPSA) is 75.4 Å². The molecule has 2 aromatic rings. The highest BCUT2D eigenvalue weighted by molar-refractivity contribution is 7.89. The number of rotatable bonds is 3. The maximum atomic E-state index is 12.2. The molecule has 1 saturated heterocycles. The lowest BCUT2D eigenvalue weighted by Crippen LogP contribution is -2.47. The largest absolute Gasteiger partial charge is 0.392 e. The van der Waals surface area contributed by atoms with Gasteiger partial charge in [-0.25, -0.2) is 17.7 Å². The molecule has 0 bridgehead atoms. The number of aliphatic hydroxyl groups excluding tert-OH is 1. The van der Waals surface area contributed by atoms with E-state index < -0.39 is 16.1 Å². The molecule has 3 heterocycles. The lowest BCUT2D eigenvalue weighted by Gasteiger charge is -2.42. The van der Waals surface area contributed by atoms with Crippen LogP contribution in [0.1, 0.15) is 44.2 Å². The molecule has 6 nitrogen and oxygen atoms in total. The zero-order valence-electron chi connectivity index (χ0n) is 16.2. The van der Waals surface area contributed by atoms with Crippen molar-refractivity contribution in [3.8, 4) is 11.3 Å². The number of hydrogen-bond acceptors (Lipinski definition) is 4. The summed E-state index contributed by atoms with van der Waals surface area (Å²) in [6, 6.07) is 8.53. The van der Waals surface area contributed by atoms with E-state index in [-0.39, 0.29) is 23.1 Å². The van der Waals surface area contributed by atoms with Gasteiger partial charge in [-0.15, -0.1) is 0 Å². The van der Waals surface area contributed by atoms with E-state index in [2.05, 4.69) is 33.8 Å². The number of sulfonamides is 1. The van der Waals surface area contributed by atoms with E-state index in [9.17, 15) is 13.5 Å². The summed E-state index contributed by atoms with van der Waals surface area (Å²) in [6.07, 6.45) is 6.77. The standard InChI is InChI=1S/C21H27N3O3S/c1-2-28(26,27)23-11-9-21(10-12-23)8-7-17(20(21)25)19-16-6-4-3-5-15(16)18-13-22-14-24(18)19/h3-6,13-14,17,19-20,25H,2,7-12H2,1H3/t17-,19+,20+/m1/s1. The molecule has 0 unspecified atom stereocenters. The van der Waals surface area contributed by atoms with Gasteiger partial charge in [-0.05, 0) is 43.6 Å². The molecule has 1 aromatic heterocycles. The molecule has 0 amide bonds. The Morgan fingerprint density at radius 2 is 1.96 bits per heavy atom. The molecule has 2 aliphatic heterocycles. The second-order valence-electron chi connectivity index (χ2n) is 8.53. The predicted octanol–water partition coefficient (Wildman–Crippen LogP) is 2.66. The number of hydrogen-bond donors (Lipinski definition) is 1. The van der Waals surface area contributed by atoms with E-state index in [1.807, 2.05) is 12.5 Å². The Morgan fingerprint density at radius 1 is 1.21 bits per heavy atom. The van der Waals surface area contributed by atoms with Crippen molar-refractivity contribution in [1.29, 1.82) is 0 Å². The summed E-state index contributed by atoms with van der Waals surface area (Å²) in [6.45, 7) is 2.75. The molecular formula is C21H27N3O3S. The van der Waals surface area contributed by atoms with Gasteiger partial charge in [-0.3, -0.25) is 0 Å². The number of aliphatic hydroxyl groups is 1. The third-order valence-electron chi connectivity index (χ3n) is 7.41. The molecule has 7 heteroatoms. The SMILES string of the molecule is CCS(=O)(=O)N1CCC2(CC[C@H]([C@@H]3c4ccccc4-c4cncn43)[C@@H]2O)CC1. The smallest absolute Gasteiger partial charge is 0.213 e. The van der Waals surface area contributed by atoms with Crippen LogP contribution in [0.4, 0.5) is 0 Å². The van der Waals surface area contributed by atoms with Gasteiger partial charge < -0.3 is 9.67 Å². The Bertz CT molecular complexity index is 992. The Labute approximate surface area is 166 Å². The third kappa shape index (κ3) is 2.52. The first-order valence-electron chi connectivity index (χ1n) is 10.2. The van der Waals surface area contributed by atoms with Crippen LogP contribution in [-0.4, -0.2) is 52.3 Å². The van der Waals surface area contributed by atoms with Crippen LogP contribution in [-0.2, 0) is 10.0 Å². The first-order chi connectivity index (χ1) is 13.5. The minimum absolute atomic E-state index is 0.112. The maximum Gasteiger partial charge on any atom is 0.213 e. The average Bonchev–Trinajstić information content (AvgIpc) is 3.38. The summed E-state index contributed by atoms with van der Waals surface area (Å²) in [5.74, 6) is 0.277. The molecule has 2 fully saturated rings. The van der Waals surface area contributed by atoms with Gasteiger partial charge in [0.05, 0.1) is 36.1 Å². The van der Waals surface area contributed by atoms with Crippen molar-refractivity contribution in [2.75, 3.05) is 18.8 Å². The van der Waals surface area contributed by atoms with Crippen LogP contribution < -0.4 is 0 Å². The fourth-order valence-electron chi connectivity index (χ4n) is 5.79. The Morgan fingerprint density at radius 3 is 2.71 bits per heavy atom. The van der Waals surface area contributed by atoms with E-state index in [0.717, 1.165) is 31.4 Å². The first-order valence-corrected chi connectivity index (χ1v) is 11.8. The second kappa shape index (κ2) is 6.40. The summed E-state index contributed by atoms with van der Waals surface area (Å²) >= 11 is 0. The first kappa shape index (κ1) is 18.3. The van der Waals surface area contributed by atoms with Gasteiger partial charge in [-0.1, -0.05) is 24.3 Å². The third-order valence-corrected chi connectivity index (χ3v) is 9.29. The van der Waals surface area contributed by atoms with Crippen molar-refractivity contribution < 1.29 is 13.5 Å².